The van der Waals surface area contributed by atoms with Crippen LogP contribution in [0.4, 0.5) is 0 Å². The van der Waals surface area contributed by atoms with Crippen LogP contribution in [0.2, 0.25) is 0 Å². The number of aryl methyl sites for hydroxylation is 1. The lowest BCUT2D eigenvalue weighted by Gasteiger charge is -2.56. The minimum Gasteiger partial charge on any atom is -0.508 e. The molecule has 5 aliphatic rings. The number of phenols is 1. The molecule has 8 atom stereocenters. The van der Waals surface area contributed by atoms with Gasteiger partial charge in [0.15, 0.2) is 0 Å². The van der Waals surface area contributed by atoms with E-state index in [0.717, 1.165) is 69.4 Å². The van der Waals surface area contributed by atoms with Crippen LogP contribution in [0.1, 0.15) is 93.7 Å². The minimum atomic E-state index is -0.575. The third-order valence-corrected chi connectivity index (χ3v) is 12.1. The summed E-state index contributed by atoms with van der Waals surface area (Å²) in [6.07, 6.45) is 10.3. The molecule has 2 N–H and O–H groups in total. The highest BCUT2D eigenvalue weighted by atomic mass is 16.5. The number of piperidine rings is 1. The summed E-state index contributed by atoms with van der Waals surface area (Å²) in [6.45, 7) is 7.63. The molecule has 4 fully saturated rings. The molecule has 0 amide bonds. The van der Waals surface area contributed by atoms with Gasteiger partial charge in [-0.25, -0.2) is 0 Å². The Hall–Kier alpha value is -2.04. The van der Waals surface area contributed by atoms with Gasteiger partial charge in [0.05, 0.1) is 5.60 Å². The molecule has 3 saturated carbocycles. The van der Waals surface area contributed by atoms with E-state index in [-0.39, 0.29) is 5.41 Å². The zero-order valence-electron chi connectivity index (χ0n) is 23.2. The van der Waals surface area contributed by atoms with Gasteiger partial charge in [0.2, 0.25) is 0 Å². The van der Waals surface area contributed by atoms with Crippen LogP contribution in [-0.4, -0.2) is 46.5 Å². The Balaban J connectivity index is 1.15. The van der Waals surface area contributed by atoms with Gasteiger partial charge in [-0.1, -0.05) is 32.0 Å². The highest BCUT2D eigenvalue weighted by molar-refractivity contribution is 5.44. The number of ether oxygens (including phenoxy) is 1. The Morgan fingerprint density at radius 1 is 1.05 bits per heavy atom. The molecule has 4 aliphatic carbocycles. The smallest absolute Gasteiger partial charge is 0.119 e. The number of benzene rings is 2. The number of aromatic hydroxyl groups is 1. The third-order valence-electron chi connectivity index (χ3n) is 12.1. The maximum Gasteiger partial charge on any atom is 0.119 e. The molecule has 7 rings (SSSR count). The summed E-state index contributed by atoms with van der Waals surface area (Å²) in [4.78, 5) is 2.64. The molecule has 204 valence electrons. The largest absolute Gasteiger partial charge is 0.508 e. The second-order valence-corrected chi connectivity index (χ2v) is 13.6. The topological polar surface area (TPSA) is 52.9 Å². The fraction of sp³-hybridized carbons (Fsp3) is 0.647. The van der Waals surface area contributed by atoms with Crippen LogP contribution < -0.4 is 4.74 Å². The van der Waals surface area contributed by atoms with Crippen molar-refractivity contribution in [3.05, 3.63) is 59.2 Å². The van der Waals surface area contributed by atoms with Crippen molar-refractivity contribution in [2.45, 2.75) is 95.1 Å². The van der Waals surface area contributed by atoms with Crippen LogP contribution in [-0.2, 0) is 6.42 Å². The minimum absolute atomic E-state index is 0.0632. The first-order valence-corrected chi connectivity index (χ1v) is 15.4. The van der Waals surface area contributed by atoms with E-state index < -0.39 is 5.60 Å². The molecule has 0 unspecified atom stereocenters. The standard InChI is InChI=1S/C34H45NO3/c1-3-34(37)15-14-31-29-12-7-24-19-26(36)9-13-28(24)32(29)30(20-33(31,34)2)23-5-10-27(11-6-23)38-17-16-35-21-22-4-8-25(35)18-22/h5-6,9-11,13,19,22,25,29-32,36-37H,3-4,7-8,12,14-18,20-21H2,1-2H3/t22-,25+,29+,30-,31+,32-,33+,34+/m1/s1. The van der Waals surface area contributed by atoms with Crippen LogP contribution in [0.25, 0.3) is 0 Å². The summed E-state index contributed by atoms with van der Waals surface area (Å²) in [5.41, 5.74) is 3.48. The zero-order chi connectivity index (χ0) is 26.1. The van der Waals surface area contributed by atoms with Crippen molar-refractivity contribution in [2.24, 2.45) is 23.2 Å². The van der Waals surface area contributed by atoms with Gasteiger partial charge in [0, 0.05) is 19.1 Å². The Morgan fingerprint density at radius 3 is 2.63 bits per heavy atom. The van der Waals surface area contributed by atoms with E-state index in [0.29, 0.717) is 29.4 Å². The normalized spacial score (nSPS) is 39.6. The molecule has 1 saturated heterocycles. The number of aliphatic hydroxyl groups is 1. The van der Waals surface area contributed by atoms with Crippen LogP contribution in [0.3, 0.4) is 0 Å². The average molecular weight is 516 g/mol. The summed E-state index contributed by atoms with van der Waals surface area (Å²) in [5.74, 6) is 4.20. The molecule has 0 aromatic heterocycles. The first kappa shape index (κ1) is 25.0. The van der Waals surface area contributed by atoms with Crippen molar-refractivity contribution in [3.8, 4) is 11.5 Å². The first-order valence-electron chi connectivity index (χ1n) is 15.4. The maximum atomic E-state index is 11.9. The summed E-state index contributed by atoms with van der Waals surface area (Å²) in [7, 11) is 0. The molecule has 38 heavy (non-hydrogen) atoms. The molecule has 4 nitrogen and oxygen atoms in total. The Kier molecular flexibility index (Phi) is 6.09. The fourth-order valence-corrected chi connectivity index (χ4v) is 10.1. The van der Waals surface area contributed by atoms with Crippen LogP contribution in [0.15, 0.2) is 42.5 Å². The number of hydrogen-bond acceptors (Lipinski definition) is 4. The summed E-state index contributed by atoms with van der Waals surface area (Å²) in [6, 6.07) is 15.8. The SMILES string of the molecule is CC[C@]1(O)CC[C@H]2[C@@H]3CCc4cc(O)ccc4[C@H]3[C@@H](c3ccc(OCCN4C[C@@H]5CC[C@H]4C5)cc3)C[C@@]21C. The molecule has 2 aromatic carbocycles. The van der Waals surface area contributed by atoms with E-state index in [1.807, 2.05) is 12.1 Å². The average Bonchev–Trinajstić information content (AvgIpc) is 3.62. The van der Waals surface area contributed by atoms with Crippen molar-refractivity contribution in [3.63, 3.8) is 0 Å². The predicted octanol–water partition coefficient (Wildman–Crippen LogP) is 6.65. The monoisotopic (exact) mass is 515 g/mol. The number of rotatable bonds is 6. The summed E-state index contributed by atoms with van der Waals surface area (Å²) >= 11 is 0. The van der Waals surface area contributed by atoms with Gasteiger partial charge in [-0.15, -0.1) is 0 Å². The number of likely N-dealkylation sites (tertiary alicyclic amines) is 1. The van der Waals surface area contributed by atoms with Gasteiger partial charge in [0.1, 0.15) is 18.1 Å². The molecule has 0 radical (unpaired) electrons. The van der Waals surface area contributed by atoms with Crippen molar-refractivity contribution in [1.29, 1.82) is 0 Å². The molecule has 1 aliphatic heterocycles. The zero-order valence-corrected chi connectivity index (χ0v) is 23.2. The third kappa shape index (κ3) is 3.84. The Morgan fingerprint density at radius 2 is 1.89 bits per heavy atom. The molecular formula is C34H45NO3. The van der Waals surface area contributed by atoms with Crippen LogP contribution in [0, 0.1) is 23.2 Å². The van der Waals surface area contributed by atoms with E-state index in [4.69, 9.17) is 4.74 Å². The lowest BCUT2D eigenvalue weighted by atomic mass is 9.49. The molecule has 2 bridgehead atoms. The lowest BCUT2D eigenvalue weighted by Crippen LogP contribution is -2.52. The van der Waals surface area contributed by atoms with Crippen molar-refractivity contribution in [1.82, 2.24) is 4.90 Å². The number of fused-ring (bicyclic) bond motifs is 7. The second-order valence-electron chi connectivity index (χ2n) is 13.6. The molecule has 1 heterocycles. The van der Waals surface area contributed by atoms with Crippen molar-refractivity contribution < 1.29 is 14.9 Å². The molecule has 2 aromatic rings. The highest BCUT2D eigenvalue weighted by Gasteiger charge is 2.63. The molecule has 0 spiro atoms. The Labute approximate surface area is 228 Å². The van der Waals surface area contributed by atoms with Gasteiger partial charge < -0.3 is 14.9 Å². The van der Waals surface area contributed by atoms with Gasteiger partial charge in [-0.05, 0) is 134 Å². The lowest BCUT2D eigenvalue weighted by molar-refractivity contribution is -0.110. The van der Waals surface area contributed by atoms with Gasteiger partial charge >= 0.3 is 0 Å². The first-order chi connectivity index (χ1) is 18.4. The second kappa shape index (κ2) is 9.27. The molecular weight excluding hydrogens is 470 g/mol. The van der Waals surface area contributed by atoms with E-state index in [1.165, 1.54) is 42.5 Å². The number of nitrogens with zero attached hydrogens (tertiary/aromatic N) is 1. The Bertz CT molecular complexity index is 1180. The fourth-order valence-electron chi connectivity index (χ4n) is 10.1. The summed E-state index contributed by atoms with van der Waals surface area (Å²) in [5, 5.41) is 22.1. The van der Waals surface area contributed by atoms with E-state index in [1.54, 1.807) is 0 Å². The quantitative estimate of drug-likeness (QED) is 0.452. The van der Waals surface area contributed by atoms with Gasteiger partial charge in [-0.2, -0.15) is 0 Å². The van der Waals surface area contributed by atoms with E-state index in [9.17, 15) is 10.2 Å². The van der Waals surface area contributed by atoms with Gasteiger partial charge in [0.25, 0.3) is 0 Å². The van der Waals surface area contributed by atoms with Crippen molar-refractivity contribution >= 4 is 0 Å². The van der Waals surface area contributed by atoms with Crippen LogP contribution >= 0.6 is 0 Å². The highest BCUT2D eigenvalue weighted by Crippen LogP contribution is 2.68. The summed E-state index contributed by atoms with van der Waals surface area (Å²) < 4.78 is 6.22. The van der Waals surface area contributed by atoms with E-state index >= 15 is 0 Å². The maximum absolute atomic E-state index is 11.9. The predicted molar refractivity (Wildman–Crippen MR) is 151 cm³/mol. The number of hydrogen-bond donors (Lipinski definition) is 2. The number of phenolic OH excluding ortho intramolecular Hbond substituents is 1. The van der Waals surface area contributed by atoms with Crippen LogP contribution in [0.5, 0.6) is 11.5 Å². The van der Waals surface area contributed by atoms with E-state index in [2.05, 4.69) is 49.1 Å². The van der Waals surface area contributed by atoms with Crippen molar-refractivity contribution in [2.75, 3.05) is 19.7 Å². The molecule has 4 heteroatoms. The van der Waals surface area contributed by atoms with Gasteiger partial charge in [-0.3, -0.25) is 4.90 Å².